The molecule has 0 bridgehead atoms. The molecule has 1 heterocycles. The predicted molar refractivity (Wildman–Crippen MR) is 120 cm³/mol. The van der Waals surface area contributed by atoms with Gasteiger partial charge in [-0.25, -0.2) is 0 Å². The van der Waals surface area contributed by atoms with Gasteiger partial charge in [-0.1, -0.05) is 49.6 Å². The van der Waals surface area contributed by atoms with Crippen molar-refractivity contribution in [1.82, 2.24) is 20.0 Å². The first-order valence-electron chi connectivity index (χ1n) is 11.7. The number of hydrogen-bond donors (Lipinski definition) is 1. The number of carbonyl (C=O) groups excluding carboxylic acids is 1. The van der Waals surface area contributed by atoms with Gasteiger partial charge < -0.3 is 5.32 Å². The van der Waals surface area contributed by atoms with Gasteiger partial charge in [0.25, 0.3) is 0 Å². The van der Waals surface area contributed by atoms with Crippen LogP contribution in [0.1, 0.15) is 67.5 Å². The van der Waals surface area contributed by atoms with E-state index in [1.54, 1.807) is 0 Å². The Hall–Kier alpha value is -2.14. The smallest absolute Gasteiger partial charge is 0.234 e. The lowest BCUT2D eigenvalue weighted by molar-refractivity contribution is -0.123. The lowest BCUT2D eigenvalue weighted by Crippen LogP contribution is -2.44. The molecule has 0 spiro atoms. The Balaban J connectivity index is 1.34. The van der Waals surface area contributed by atoms with Crippen molar-refractivity contribution in [3.63, 3.8) is 0 Å². The molecule has 2 saturated carbocycles. The summed E-state index contributed by atoms with van der Waals surface area (Å²) in [5, 5.41) is 7.91. The molecule has 2 fully saturated rings. The van der Waals surface area contributed by atoms with Crippen LogP contribution in [0.2, 0.25) is 0 Å². The number of amides is 1. The highest BCUT2D eigenvalue weighted by Crippen LogP contribution is 2.32. The van der Waals surface area contributed by atoms with E-state index in [1.807, 2.05) is 17.7 Å². The lowest BCUT2D eigenvalue weighted by Gasteiger charge is -2.34. The molecule has 0 radical (unpaired) electrons. The maximum atomic E-state index is 12.8. The Morgan fingerprint density at radius 2 is 1.83 bits per heavy atom. The van der Waals surface area contributed by atoms with Crippen LogP contribution in [0.25, 0.3) is 0 Å². The quantitative estimate of drug-likeness (QED) is 0.676. The second-order valence-electron chi connectivity index (χ2n) is 9.23. The molecule has 2 aliphatic rings. The average Bonchev–Trinajstić information content (AvgIpc) is 3.54. The van der Waals surface area contributed by atoms with Gasteiger partial charge in [-0.3, -0.25) is 14.4 Å². The fourth-order valence-electron chi connectivity index (χ4n) is 4.75. The molecule has 0 aliphatic heterocycles. The summed E-state index contributed by atoms with van der Waals surface area (Å²) in [5.74, 6) is 0.969. The number of nitrogens with one attached hydrogen (secondary N) is 1. The Kier molecular flexibility index (Phi) is 6.88. The van der Waals surface area contributed by atoms with Gasteiger partial charge in [0.1, 0.15) is 0 Å². The van der Waals surface area contributed by atoms with Gasteiger partial charge in [-0.15, -0.1) is 0 Å². The lowest BCUT2D eigenvalue weighted by atomic mass is 9.94. The monoisotopic (exact) mass is 408 g/mol. The molecule has 162 valence electrons. The minimum atomic E-state index is 0.149. The largest absolute Gasteiger partial charge is 0.351 e. The van der Waals surface area contributed by atoms with Crippen molar-refractivity contribution in [3.05, 3.63) is 52.8 Å². The van der Waals surface area contributed by atoms with Gasteiger partial charge in [0, 0.05) is 30.4 Å². The molecule has 2 aromatic rings. The number of aromatic nitrogens is 2. The van der Waals surface area contributed by atoms with Crippen LogP contribution in [0.15, 0.2) is 30.3 Å². The van der Waals surface area contributed by atoms with Crippen LogP contribution in [-0.4, -0.2) is 39.7 Å². The van der Waals surface area contributed by atoms with Gasteiger partial charge in [0.15, 0.2) is 0 Å². The first kappa shape index (κ1) is 21.1. The fraction of sp³-hybridized carbons (Fsp3) is 0.600. The summed E-state index contributed by atoms with van der Waals surface area (Å²) < 4.78 is 2.05. The first-order valence-corrected chi connectivity index (χ1v) is 11.7. The van der Waals surface area contributed by atoms with Crippen molar-refractivity contribution in [1.29, 1.82) is 0 Å². The van der Waals surface area contributed by atoms with Gasteiger partial charge in [0.2, 0.25) is 5.91 Å². The zero-order chi connectivity index (χ0) is 20.9. The molecular weight excluding hydrogens is 372 g/mol. The van der Waals surface area contributed by atoms with Gasteiger partial charge in [-0.2, -0.15) is 5.10 Å². The average molecular weight is 409 g/mol. The van der Waals surface area contributed by atoms with Crippen LogP contribution in [0.4, 0.5) is 0 Å². The van der Waals surface area contributed by atoms with E-state index in [-0.39, 0.29) is 5.91 Å². The van der Waals surface area contributed by atoms with Crippen LogP contribution in [0, 0.1) is 19.8 Å². The van der Waals surface area contributed by atoms with Crippen molar-refractivity contribution in [3.8, 4) is 0 Å². The summed E-state index contributed by atoms with van der Waals surface area (Å²) in [6, 6.07) is 11.0. The number of rotatable bonds is 9. The Labute approximate surface area is 180 Å². The highest BCUT2D eigenvalue weighted by atomic mass is 16.2. The van der Waals surface area contributed by atoms with Crippen LogP contribution in [0.5, 0.6) is 0 Å². The zero-order valence-corrected chi connectivity index (χ0v) is 18.6. The number of nitrogens with zero attached hydrogens (tertiary/aromatic N) is 3. The van der Waals surface area contributed by atoms with Crippen LogP contribution < -0.4 is 5.32 Å². The molecule has 0 saturated heterocycles. The van der Waals surface area contributed by atoms with Crippen LogP contribution in [-0.2, 0) is 17.9 Å². The Morgan fingerprint density at radius 1 is 1.10 bits per heavy atom. The molecule has 5 nitrogen and oxygen atoms in total. The minimum absolute atomic E-state index is 0.149. The van der Waals surface area contributed by atoms with Crippen LogP contribution >= 0.6 is 0 Å². The number of benzene rings is 1. The summed E-state index contributed by atoms with van der Waals surface area (Å²) >= 11 is 0. The van der Waals surface area contributed by atoms with E-state index < -0.39 is 0 Å². The maximum absolute atomic E-state index is 12.8. The Bertz CT molecular complexity index is 834. The molecule has 30 heavy (non-hydrogen) atoms. The maximum Gasteiger partial charge on any atom is 0.234 e. The standard InChI is InChI=1S/C25H36N4O/c1-19-24(20(2)29(27-19)17-21-9-5-3-6-10-21)15-26-25(30)18-28(16-22-13-14-22)23-11-7-4-8-12-23/h3,5-6,9-10,22-23H,4,7-8,11-18H2,1-2H3,(H,26,30). The molecule has 1 aromatic heterocycles. The van der Waals surface area contributed by atoms with Crippen molar-refractivity contribution in [2.45, 2.75) is 77.9 Å². The molecule has 4 rings (SSSR count). The van der Waals surface area contributed by atoms with Crippen molar-refractivity contribution in [2.24, 2.45) is 5.92 Å². The van der Waals surface area contributed by atoms with E-state index >= 15 is 0 Å². The van der Waals surface area contributed by atoms with E-state index in [0.29, 0.717) is 19.1 Å². The molecule has 0 atom stereocenters. The normalized spacial score (nSPS) is 17.4. The SMILES string of the molecule is Cc1nn(Cc2ccccc2)c(C)c1CNC(=O)CN(CC1CC1)C1CCCCC1. The van der Waals surface area contributed by atoms with Gasteiger partial charge in [-0.05, 0) is 51.0 Å². The van der Waals surface area contributed by atoms with E-state index in [4.69, 9.17) is 5.10 Å². The summed E-state index contributed by atoms with van der Waals surface area (Å²) in [4.78, 5) is 15.3. The highest BCUT2D eigenvalue weighted by molar-refractivity contribution is 5.78. The van der Waals surface area contributed by atoms with E-state index in [1.165, 1.54) is 50.5 Å². The third kappa shape index (κ3) is 5.51. The summed E-state index contributed by atoms with van der Waals surface area (Å²) in [5.41, 5.74) is 4.53. The van der Waals surface area contributed by atoms with Gasteiger partial charge in [0.05, 0.1) is 18.8 Å². The summed E-state index contributed by atoms with van der Waals surface area (Å²) in [6.45, 7) is 7.11. The van der Waals surface area contributed by atoms with Crippen LogP contribution in [0.3, 0.4) is 0 Å². The fourth-order valence-corrected chi connectivity index (χ4v) is 4.75. The summed E-state index contributed by atoms with van der Waals surface area (Å²) in [6.07, 6.45) is 9.16. The molecule has 1 amide bonds. The summed E-state index contributed by atoms with van der Waals surface area (Å²) in [7, 11) is 0. The second kappa shape index (κ2) is 9.78. The topological polar surface area (TPSA) is 50.2 Å². The molecule has 1 N–H and O–H groups in total. The molecule has 0 unspecified atom stereocenters. The molecule has 2 aliphatic carbocycles. The van der Waals surface area contributed by atoms with E-state index in [2.05, 4.69) is 41.4 Å². The van der Waals surface area contributed by atoms with Crippen molar-refractivity contribution in [2.75, 3.05) is 13.1 Å². The molecule has 1 aromatic carbocycles. The minimum Gasteiger partial charge on any atom is -0.351 e. The van der Waals surface area contributed by atoms with E-state index in [0.717, 1.165) is 36.0 Å². The highest BCUT2D eigenvalue weighted by Gasteiger charge is 2.30. The molecular formula is C25H36N4O. The predicted octanol–water partition coefficient (Wildman–Crippen LogP) is 4.21. The van der Waals surface area contributed by atoms with Gasteiger partial charge >= 0.3 is 0 Å². The third-order valence-electron chi connectivity index (χ3n) is 6.80. The number of aryl methyl sites for hydroxylation is 1. The van der Waals surface area contributed by atoms with Crippen molar-refractivity contribution < 1.29 is 4.79 Å². The van der Waals surface area contributed by atoms with Crippen molar-refractivity contribution >= 4 is 5.91 Å². The number of carbonyl (C=O) groups is 1. The van der Waals surface area contributed by atoms with E-state index in [9.17, 15) is 4.79 Å². The second-order valence-corrected chi connectivity index (χ2v) is 9.23. The number of hydrogen-bond acceptors (Lipinski definition) is 3. The first-order chi connectivity index (χ1) is 14.6. The molecule has 5 heteroatoms. The Morgan fingerprint density at radius 3 is 2.53 bits per heavy atom. The zero-order valence-electron chi connectivity index (χ0n) is 18.6. The third-order valence-corrected chi connectivity index (χ3v) is 6.80.